The molecule has 0 spiro atoms. The highest BCUT2D eigenvalue weighted by molar-refractivity contribution is 8.00. The summed E-state index contributed by atoms with van der Waals surface area (Å²) < 4.78 is 23.3. The summed E-state index contributed by atoms with van der Waals surface area (Å²) >= 11 is 1.63. The van der Waals surface area contributed by atoms with E-state index in [1.54, 1.807) is 11.8 Å². The van der Waals surface area contributed by atoms with Gasteiger partial charge in [0, 0.05) is 28.8 Å². The standard InChI is InChI=1S/C15H17N3O4S2/c1-11(23-13-5-3-2-4-6-13)10-17-14-8-7-12(18(19)20)9-15(14)24(16,21)22/h2-9,11,17H,10H2,1H3,(H2,16,21,22). The summed E-state index contributed by atoms with van der Waals surface area (Å²) in [6.07, 6.45) is 0. The van der Waals surface area contributed by atoms with Crippen molar-refractivity contribution in [3.05, 3.63) is 58.6 Å². The first kappa shape index (κ1) is 18.2. The highest BCUT2D eigenvalue weighted by atomic mass is 32.2. The Morgan fingerprint density at radius 2 is 1.92 bits per heavy atom. The zero-order valence-electron chi connectivity index (χ0n) is 12.9. The molecule has 0 aliphatic heterocycles. The van der Waals surface area contributed by atoms with Crippen molar-refractivity contribution < 1.29 is 13.3 Å². The summed E-state index contributed by atoms with van der Waals surface area (Å²) in [6.45, 7) is 2.46. The summed E-state index contributed by atoms with van der Waals surface area (Å²) in [4.78, 5) is 11.0. The van der Waals surface area contributed by atoms with Crippen LogP contribution in [-0.2, 0) is 10.0 Å². The lowest BCUT2D eigenvalue weighted by molar-refractivity contribution is -0.385. The number of non-ortho nitro benzene ring substituents is 1. The van der Waals surface area contributed by atoms with Crippen LogP contribution >= 0.6 is 11.8 Å². The Bertz CT molecular complexity index is 826. The average molecular weight is 367 g/mol. The lowest BCUT2D eigenvalue weighted by Gasteiger charge is -2.15. The molecule has 2 rings (SSSR count). The first-order valence-corrected chi connectivity index (χ1v) is 9.47. The molecule has 9 heteroatoms. The number of benzene rings is 2. The molecule has 128 valence electrons. The molecule has 0 aliphatic rings. The minimum atomic E-state index is -4.07. The van der Waals surface area contributed by atoms with Crippen molar-refractivity contribution in [3.8, 4) is 0 Å². The van der Waals surface area contributed by atoms with Gasteiger partial charge in [-0.15, -0.1) is 11.8 Å². The number of thioether (sulfide) groups is 1. The molecule has 0 bridgehead atoms. The van der Waals surface area contributed by atoms with Crippen molar-refractivity contribution in [1.82, 2.24) is 0 Å². The van der Waals surface area contributed by atoms with Crippen molar-refractivity contribution in [2.24, 2.45) is 5.14 Å². The summed E-state index contributed by atoms with van der Waals surface area (Å²) in [5.74, 6) is 0. The molecule has 0 aliphatic carbocycles. The highest BCUT2D eigenvalue weighted by Gasteiger charge is 2.19. The summed E-state index contributed by atoms with van der Waals surface area (Å²) in [6, 6.07) is 13.4. The number of hydrogen-bond acceptors (Lipinski definition) is 6. The van der Waals surface area contributed by atoms with Crippen molar-refractivity contribution in [2.75, 3.05) is 11.9 Å². The topological polar surface area (TPSA) is 115 Å². The van der Waals surface area contributed by atoms with Crippen LogP contribution in [0.3, 0.4) is 0 Å². The van der Waals surface area contributed by atoms with Gasteiger partial charge in [0.2, 0.25) is 10.0 Å². The van der Waals surface area contributed by atoms with Crippen LogP contribution in [0.5, 0.6) is 0 Å². The summed E-state index contributed by atoms with van der Waals surface area (Å²) in [7, 11) is -4.07. The minimum absolute atomic E-state index is 0.149. The van der Waals surface area contributed by atoms with Gasteiger partial charge in [-0.25, -0.2) is 13.6 Å². The van der Waals surface area contributed by atoms with E-state index in [0.29, 0.717) is 6.54 Å². The monoisotopic (exact) mass is 367 g/mol. The van der Waals surface area contributed by atoms with E-state index in [1.807, 2.05) is 37.3 Å². The number of nitrogens with one attached hydrogen (secondary N) is 1. The Morgan fingerprint density at radius 3 is 2.50 bits per heavy atom. The van der Waals surface area contributed by atoms with E-state index in [-0.39, 0.29) is 21.5 Å². The second kappa shape index (κ2) is 7.65. The maximum Gasteiger partial charge on any atom is 0.270 e. The Morgan fingerprint density at radius 1 is 1.25 bits per heavy atom. The summed E-state index contributed by atoms with van der Waals surface area (Å²) in [5, 5.41) is 19.1. The number of sulfonamides is 1. The quantitative estimate of drug-likeness (QED) is 0.442. The molecule has 2 aromatic carbocycles. The Balaban J connectivity index is 2.13. The van der Waals surface area contributed by atoms with Crippen LogP contribution in [0.25, 0.3) is 0 Å². The Labute approximate surface area is 144 Å². The molecular formula is C15H17N3O4S2. The fourth-order valence-corrected chi connectivity index (χ4v) is 3.71. The van der Waals surface area contributed by atoms with Crippen molar-refractivity contribution >= 4 is 33.2 Å². The van der Waals surface area contributed by atoms with Crippen LogP contribution in [0, 0.1) is 10.1 Å². The smallest absolute Gasteiger partial charge is 0.270 e. The van der Waals surface area contributed by atoms with Gasteiger partial charge in [0.05, 0.1) is 10.6 Å². The van der Waals surface area contributed by atoms with Gasteiger partial charge >= 0.3 is 0 Å². The lowest BCUT2D eigenvalue weighted by Crippen LogP contribution is -2.18. The molecule has 24 heavy (non-hydrogen) atoms. The van der Waals surface area contributed by atoms with Gasteiger partial charge in [-0.05, 0) is 18.2 Å². The first-order chi connectivity index (χ1) is 11.3. The fourth-order valence-electron chi connectivity index (χ4n) is 2.03. The highest BCUT2D eigenvalue weighted by Crippen LogP contribution is 2.27. The number of anilines is 1. The van der Waals surface area contributed by atoms with E-state index >= 15 is 0 Å². The number of hydrogen-bond donors (Lipinski definition) is 2. The van der Waals surface area contributed by atoms with Gasteiger partial charge < -0.3 is 5.32 Å². The van der Waals surface area contributed by atoms with E-state index in [0.717, 1.165) is 11.0 Å². The average Bonchev–Trinajstić information content (AvgIpc) is 2.52. The van der Waals surface area contributed by atoms with E-state index in [1.165, 1.54) is 12.1 Å². The summed E-state index contributed by atoms with van der Waals surface area (Å²) in [5.41, 5.74) is -0.0695. The molecule has 1 atom stereocenters. The van der Waals surface area contributed by atoms with Crippen molar-refractivity contribution in [3.63, 3.8) is 0 Å². The molecule has 0 radical (unpaired) electrons. The molecule has 0 amide bonds. The number of nitro groups is 1. The second-order valence-electron chi connectivity index (χ2n) is 5.11. The van der Waals surface area contributed by atoms with Crippen LogP contribution in [0.4, 0.5) is 11.4 Å². The van der Waals surface area contributed by atoms with Gasteiger partial charge in [0.1, 0.15) is 4.90 Å². The Hall–Kier alpha value is -2.10. The van der Waals surface area contributed by atoms with Crippen LogP contribution < -0.4 is 10.5 Å². The molecule has 0 saturated heterocycles. The molecule has 0 saturated carbocycles. The van der Waals surface area contributed by atoms with Crippen molar-refractivity contribution in [2.45, 2.75) is 22.0 Å². The van der Waals surface area contributed by atoms with Gasteiger partial charge in [0.15, 0.2) is 0 Å². The zero-order chi connectivity index (χ0) is 17.7. The third-order valence-electron chi connectivity index (χ3n) is 3.14. The predicted octanol–water partition coefficient (Wildman–Crippen LogP) is 2.83. The number of nitrogens with zero attached hydrogens (tertiary/aromatic N) is 1. The molecule has 7 nitrogen and oxygen atoms in total. The minimum Gasteiger partial charge on any atom is -0.383 e. The van der Waals surface area contributed by atoms with Gasteiger partial charge in [-0.2, -0.15) is 0 Å². The normalized spacial score (nSPS) is 12.6. The van der Waals surface area contributed by atoms with Crippen LogP contribution in [0.1, 0.15) is 6.92 Å². The number of primary sulfonamides is 1. The number of rotatable bonds is 7. The molecule has 0 aromatic heterocycles. The molecular weight excluding hydrogens is 350 g/mol. The molecule has 0 fully saturated rings. The number of nitro benzene ring substituents is 1. The van der Waals surface area contributed by atoms with Crippen LogP contribution in [0.15, 0.2) is 58.3 Å². The molecule has 1 unspecified atom stereocenters. The fraction of sp³-hybridized carbons (Fsp3) is 0.200. The third kappa shape index (κ3) is 4.95. The van der Waals surface area contributed by atoms with E-state index < -0.39 is 14.9 Å². The Kier molecular flexibility index (Phi) is 5.81. The molecule has 2 aromatic rings. The van der Waals surface area contributed by atoms with Crippen molar-refractivity contribution in [1.29, 1.82) is 0 Å². The zero-order valence-corrected chi connectivity index (χ0v) is 14.5. The van der Waals surface area contributed by atoms with Gasteiger partial charge in [-0.1, -0.05) is 25.1 Å². The van der Waals surface area contributed by atoms with E-state index in [9.17, 15) is 18.5 Å². The predicted molar refractivity (Wildman–Crippen MR) is 94.7 cm³/mol. The molecule has 0 heterocycles. The van der Waals surface area contributed by atoms with Gasteiger partial charge in [0.25, 0.3) is 5.69 Å². The second-order valence-corrected chi connectivity index (χ2v) is 8.15. The van der Waals surface area contributed by atoms with E-state index in [2.05, 4.69) is 5.32 Å². The largest absolute Gasteiger partial charge is 0.383 e. The maximum absolute atomic E-state index is 11.7. The number of nitrogens with two attached hydrogens (primary N) is 1. The first-order valence-electron chi connectivity index (χ1n) is 7.04. The SMILES string of the molecule is CC(CNc1ccc([N+](=O)[O-])cc1S(N)(=O)=O)Sc1ccccc1. The maximum atomic E-state index is 11.7. The lowest BCUT2D eigenvalue weighted by atomic mass is 10.2. The molecule has 3 N–H and O–H groups in total. The van der Waals surface area contributed by atoms with Crippen LogP contribution in [0.2, 0.25) is 0 Å². The van der Waals surface area contributed by atoms with E-state index in [4.69, 9.17) is 5.14 Å². The van der Waals surface area contributed by atoms with Crippen LogP contribution in [-0.4, -0.2) is 25.1 Å². The third-order valence-corrected chi connectivity index (χ3v) is 5.21. The van der Waals surface area contributed by atoms with Gasteiger partial charge in [-0.3, -0.25) is 10.1 Å².